The van der Waals surface area contributed by atoms with Crippen LogP contribution in [-0.2, 0) is 4.79 Å². The standard InChI is InChI=1S/C11H14INO3/c1-7(15)13-10(6-14)11(16)8-2-4-9(12)5-3-8/h2-5,10-11,14,16H,6H2,1H3,(H,13,15)/t10-,11-/m1/s1. The van der Waals surface area contributed by atoms with Crippen molar-refractivity contribution < 1.29 is 15.0 Å². The summed E-state index contributed by atoms with van der Waals surface area (Å²) in [5.74, 6) is -0.274. The molecule has 4 nitrogen and oxygen atoms in total. The van der Waals surface area contributed by atoms with Crippen molar-refractivity contribution >= 4 is 28.5 Å². The van der Waals surface area contributed by atoms with Crippen molar-refractivity contribution in [3.63, 3.8) is 0 Å². The van der Waals surface area contributed by atoms with E-state index in [1.807, 2.05) is 12.1 Å². The molecule has 0 aliphatic carbocycles. The van der Waals surface area contributed by atoms with Crippen LogP contribution in [0.25, 0.3) is 0 Å². The van der Waals surface area contributed by atoms with E-state index in [9.17, 15) is 9.90 Å². The number of hydrogen-bond acceptors (Lipinski definition) is 3. The first kappa shape index (κ1) is 13.4. The van der Waals surface area contributed by atoms with Gasteiger partial charge >= 0.3 is 0 Å². The largest absolute Gasteiger partial charge is 0.394 e. The molecule has 0 unspecified atom stereocenters. The lowest BCUT2D eigenvalue weighted by Crippen LogP contribution is -2.40. The number of aliphatic hydroxyl groups is 2. The van der Waals surface area contributed by atoms with E-state index in [2.05, 4.69) is 27.9 Å². The second-order valence-electron chi connectivity index (χ2n) is 3.49. The molecule has 0 bridgehead atoms. The third-order valence-electron chi connectivity index (χ3n) is 2.18. The van der Waals surface area contributed by atoms with Gasteiger partial charge in [-0.3, -0.25) is 4.79 Å². The van der Waals surface area contributed by atoms with Crippen LogP contribution in [0, 0.1) is 3.57 Å². The maximum atomic E-state index is 10.9. The van der Waals surface area contributed by atoms with Gasteiger partial charge in [-0.15, -0.1) is 0 Å². The Hall–Kier alpha value is -0.660. The summed E-state index contributed by atoms with van der Waals surface area (Å²) in [5, 5.41) is 21.5. The van der Waals surface area contributed by atoms with Crippen molar-refractivity contribution in [3.8, 4) is 0 Å². The summed E-state index contributed by atoms with van der Waals surface area (Å²) in [7, 11) is 0. The van der Waals surface area contributed by atoms with Crippen molar-refractivity contribution in [2.75, 3.05) is 6.61 Å². The zero-order chi connectivity index (χ0) is 12.1. The monoisotopic (exact) mass is 335 g/mol. The lowest BCUT2D eigenvalue weighted by atomic mass is 10.0. The van der Waals surface area contributed by atoms with Crippen molar-refractivity contribution in [3.05, 3.63) is 33.4 Å². The van der Waals surface area contributed by atoms with Gasteiger partial charge in [0.1, 0.15) is 6.10 Å². The van der Waals surface area contributed by atoms with Crippen LogP contribution in [-0.4, -0.2) is 28.8 Å². The van der Waals surface area contributed by atoms with E-state index in [0.29, 0.717) is 5.56 Å². The lowest BCUT2D eigenvalue weighted by molar-refractivity contribution is -0.121. The lowest BCUT2D eigenvalue weighted by Gasteiger charge is -2.21. The Morgan fingerprint density at radius 2 is 2.00 bits per heavy atom. The van der Waals surface area contributed by atoms with E-state index >= 15 is 0 Å². The minimum absolute atomic E-state index is 0.274. The first-order chi connectivity index (χ1) is 7.54. The molecule has 0 spiro atoms. The van der Waals surface area contributed by atoms with Gasteiger partial charge in [-0.05, 0) is 40.3 Å². The maximum absolute atomic E-state index is 10.9. The highest BCUT2D eigenvalue weighted by Gasteiger charge is 2.20. The third-order valence-corrected chi connectivity index (χ3v) is 2.90. The Bertz CT molecular complexity index is 353. The topological polar surface area (TPSA) is 69.6 Å². The van der Waals surface area contributed by atoms with Crippen LogP contribution in [0.15, 0.2) is 24.3 Å². The van der Waals surface area contributed by atoms with Crippen LogP contribution in [0.1, 0.15) is 18.6 Å². The fourth-order valence-electron chi connectivity index (χ4n) is 1.38. The van der Waals surface area contributed by atoms with E-state index in [0.717, 1.165) is 3.57 Å². The Morgan fingerprint density at radius 3 is 2.44 bits per heavy atom. The third kappa shape index (κ3) is 3.73. The molecule has 1 aromatic carbocycles. The van der Waals surface area contributed by atoms with E-state index in [1.165, 1.54) is 6.92 Å². The normalized spacial score (nSPS) is 14.2. The number of benzene rings is 1. The molecule has 1 aromatic rings. The van der Waals surface area contributed by atoms with Crippen molar-refractivity contribution in [1.29, 1.82) is 0 Å². The zero-order valence-corrected chi connectivity index (χ0v) is 11.0. The van der Waals surface area contributed by atoms with Gasteiger partial charge in [-0.1, -0.05) is 12.1 Å². The minimum Gasteiger partial charge on any atom is -0.394 e. The molecule has 0 saturated heterocycles. The highest BCUT2D eigenvalue weighted by atomic mass is 127. The number of aliphatic hydroxyl groups excluding tert-OH is 2. The van der Waals surface area contributed by atoms with Crippen molar-refractivity contribution in [1.82, 2.24) is 5.32 Å². The summed E-state index contributed by atoms with van der Waals surface area (Å²) in [6.45, 7) is 1.05. The highest BCUT2D eigenvalue weighted by molar-refractivity contribution is 14.1. The number of carbonyl (C=O) groups excluding carboxylic acids is 1. The first-order valence-corrected chi connectivity index (χ1v) is 5.94. The van der Waals surface area contributed by atoms with E-state index in [4.69, 9.17) is 5.11 Å². The molecular formula is C11H14INO3. The van der Waals surface area contributed by atoms with Gasteiger partial charge in [0.25, 0.3) is 0 Å². The van der Waals surface area contributed by atoms with Gasteiger partial charge in [-0.2, -0.15) is 0 Å². The van der Waals surface area contributed by atoms with E-state index in [1.54, 1.807) is 12.1 Å². The van der Waals surface area contributed by atoms with Gasteiger partial charge in [0, 0.05) is 10.5 Å². The molecule has 0 saturated carbocycles. The number of hydrogen-bond donors (Lipinski definition) is 3. The van der Waals surface area contributed by atoms with Crippen molar-refractivity contribution in [2.24, 2.45) is 0 Å². The molecule has 88 valence electrons. The predicted molar refractivity (Wildman–Crippen MR) is 68.8 cm³/mol. The zero-order valence-electron chi connectivity index (χ0n) is 8.85. The predicted octanol–water partition coefficient (Wildman–Crippen LogP) is 0.822. The fourth-order valence-corrected chi connectivity index (χ4v) is 1.74. The van der Waals surface area contributed by atoms with Gasteiger partial charge in [-0.25, -0.2) is 0 Å². The highest BCUT2D eigenvalue weighted by Crippen LogP contribution is 2.18. The average molecular weight is 335 g/mol. The van der Waals surface area contributed by atoms with Gasteiger partial charge < -0.3 is 15.5 Å². The summed E-state index contributed by atoms with van der Waals surface area (Å²) in [5.41, 5.74) is 0.674. The molecule has 0 radical (unpaired) electrons. The van der Waals surface area contributed by atoms with Crippen LogP contribution >= 0.6 is 22.6 Å². The van der Waals surface area contributed by atoms with Crippen molar-refractivity contribution in [2.45, 2.75) is 19.1 Å². The van der Waals surface area contributed by atoms with E-state index < -0.39 is 12.1 Å². The SMILES string of the molecule is CC(=O)N[C@H](CO)[C@H](O)c1ccc(I)cc1. The molecule has 0 heterocycles. The molecule has 0 aliphatic heterocycles. The first-order valence-electron chi connectivity index (χ1n) is 4.86. The quantitative estimate of drug-likeness (QED) is 0.714. The Morgan fingerprint density at radius 1 is 1.44 bits per heavy atom. The average Bonchev–Trinajstić information content (AvgIpc) is 2.25. The molecule has 0 aliphatic rings. The van der Waals surface area contributed by atoms with Crippen LogP contribution in [0.3, 0.4) is 0 Å². The summed E-state index contributed by atoms with van der Waals surface area (Å²) in [4.78, 5) is 10.9. The number of nitrogens with one attached hydrogen (secondary N) is 1. The van der Waals surface area contributed by atoms with Gasteiger partial charge in [0.2, 0.25) is 5.91 Å². The molecule has 5 heteroatoms. The van der Waals surface area contributed by atoms with Crippen LogP contribution in [0.4, 0.5) is 0 Å². The Kier molecular flexibility index (Phi) is 5.17. The molecule has 16 heavy (non-hydrogen) atoms. The number of carbonyl (C=O) groups is 1. The fraction of sp³-hybridized carbons (Fsp3) is 0.364. The maximum Gasteiger partial charge on any atom is 0.217 e. The molecular weight excluding hydrogens is 321 g/mol. The number of halogens is 1. The number of rotatable bonds is 4. The summed E-state index contributed by atoms with van der Waals surface area (Å²) in [6.07, 6.45) is -0.897. The minimum atomic E-state index is -0.897. The molecule has 1 rings (SSSR count). The molecule has 0 fully saturated rings. The van der Waals surface area contributed by atoms with E-state index in [-0.39, 0.29) is 12.5 Å². The van der Waals surface area contributed by atoms with Gasteiger partial charge in [0.05, 0.1) is 12.6 Å². The second kappa shape index (κ2) is 6.17. The van der Waals surface area contributed by atoms with Gasteiger partial charge in [0.15, 0.2) is 0 Å². The smallest absolute Gasteiger partial charge is 0.217 e. The summed E-state index contributed by atoms with van der Waals surface area (Å²) < 4.78 is 1.06. The molecule has 2 atom stereocenters. The molecule has 0 aromatic heterocycles. The Balaban J connectivity index is 2.78. The molecule has 3 N–H and O–H groups in total. The summed E-state index contributed by atoms with van der Waals surface area (Å²) >= 11 is 2.17. The number of amides is 1. The Labute approximate surface area is 108 Å². The molecule has 1 amide bonds. The second-order valence-corrected chi connectivity index (χ2v) is 4.73. The van der Waals surface area contributed by atoms with Crippen LogP contribution in [0.5, 0.6) is 0 Å². The van der Waals surface area contributed by atoms with Crippen LogP contribution in [0.2, 0.25) is 0 Å². The van der Waals surface area contributed by atoms with Crippen LogP contribution < -0.4 is 5.32 Å². The summed E-state index contributed by atoms with van der Waals surface area (Å²) in [6, 6.07) is 6.61.